The van der Waals surface area contributed by atoms with E-state index in [2.05, 4.69) is 4.98 Å². The van der Waals surface area contributed by atoms with E-state index in [-0.39, 0.29) is 11.9 Å². The second kappa shape index (κ2) is 13.7. The Balaban J connectivity index is 1.22. The maximum atomic E-state index is 12.2. The summed E-state index contributed by atoms with van der Waals surface area (Å²) in [4.78, 5) is 27.9. The average molecular weight is 448 g/mol. The highest BCUT2D eigenvalue weighted by molar-refractivity contribution is 5.91. The van der Waals surface area contributed by atoms with Gasteiger partial charge in [-0.3, -0.25) is 4.98 Å². The topological polar surface area (TPSA) is 74.7 Å². The highest BCUT2D eigenvalue weighted by Gasteiger charge is 2.08. The maximum Gasteiger partial charge on any atom is 0.343 e. The first-order chi connectivity index (χ1) is 16.2. The van der Waals surface area contributed by atoms with E-state index >= 15 is 0 Å². The lowest BCUT2D eigenvalue weighted by Gasteiger charge is -2.09. The van der Waals surface area contributed by atoms with Crippen LogP contribution in [0.15, 0.2) is 79.1 Å². The van der Waals surface area contributed by atoms with Gasteiger partial charge in [-0.05, 0) is 49.2 Å². The Bertz CT molecular complexity index is 992. The molecule has 0 amide bonds. The number of pyridine rings is 1. The van der Waals surface area contributed by atoms with Crippen LogP contribution >= 0.6 is 0 Å². The molecular formula is C27H29NO5. The van der Waals surface area contributed by atoms with Crippen molar-refractivity contribution in [3.8, 4) is 11.5 Å². The highest BCUT2D eigenvalue weighted by atomic mass is 16.5. The Kier molecular flexibility index (Phi) is 9.94. The van der Waals surface area contributed by atoms with Crippen LogP contribution in [0.5, 0.6) is 11.5 Å². The molecule has 0 aliphatic rings. The van der Waals surface area contributed by atoms with Gasteiger partial charge in [0.1, 0.15) is 11.5 Å². The molecule has 1 aromatic heterocycles. The van der Waals surface area contributed by atoms with Gasteiger partial charge in [0.25, 0.3) is 0 Å². The molecule has 0 saturated carbocycles. The Labute approximate surface area is 194 Å². The highest BCUT2D eigenvalue weighted by Crippen LogP contribution is 2.21. The number of hydrogen-bond donors (Lipinski definition) is 0. The van der Waals surface area contributed by atoms with E-state index in [9.17, 15) is 9.59 Å². The molecule has 3 aromatic rings. The van der Waals surface area contributed by atoms with E-state index in [0.717, 1.165) is 38.5 Å². The summed E-state index contributed by atoms with van der Waals surface area (Å²) in [6.45, 7) is 1.04. The molecule has 0 N–H and O–H groups in total. The van der Waals surface area contributed by atoms with Crippen molar-refractivity contribution in [2.45, 2.75) is 38.5 Å². The summed E-state index contributed by atoms with van der Waals surface area (Å²) in [5.74, 6) is 0.438. The van der Waals surface area contributed by atoms with Gasteiger partial charge in [0.2, 0.25) is 0 Å². The number of unbranched alkanes of at least 4 members (excludes halogenated alkanes) is 5. The van der Waals surface area contributed by atoms with Crippen LogP contribution in [0, 0.1) is 0 Å². The van der Waals surface area contributed by atoms with Crippen molar-refractivity contribution >= 4 is 11.9 Å². The monoisotopic (exact) mass is 447 g/mol. The number of hydrogen-bond acceptors (Lipinski definition) is 6. The van der Waals surface area contributed by atoms with Crippen LogP contribution in [-0.4, -0.2) is 30.1 Å². The quantitative estimate of drug-likeness (QED) is 0.185. The minimum absolute atomic E-state index is 0.320. The summed E-state index contributed by atoms with van der Waals surface area (Å²) in [5.41, 5.74) is 0.993. The zero-order valence-corrected chi connectivity index (χ0v) is 18.7. The number of carbonyl (C=O) groups excluding carboxylic acids is 2. The van der Waals surface area contributed by atoms with Gasteiger partial charge in [-0.2, -0.15) is 0 Å². The molecule has 0 atom stereocenters. The molecule has 3 rings (SSSR count). The van der Waals surface area contributed by atoms with E-state index < -0.39 is 0 Å². The molecule has 0 bridgehead atoms. The molecular weight excluding hydrogens is 418 g/mol. The third-order valence-corrected chi connectivity index (χ3v) is 4.96. The second-order valence-corrected chi connectivity index (χ2v) is 7.58. The summed E-state index contributed by atoms with van der Waals surface area (Å²) >= 11 is 0. The number of nitrogens with zero attached hydrogens (tertiary/aromatic N) is 1. The Morgan fingerprint density at radius 3 is 2.12 bits per heavy atom. The lowest BCUT2D eigenvalue weighted by atomic mass is 10.1. The van der Waals surface area contributed by atoms with Gasteiger partial charge in [-0.25, -0.2) is 9.59 Å². The van der Waals surface area contributed by atoms with E-state index in [1.807, 2.05) is 18.2 Å². The third-order valence-electron chi connectivity index (χ3n) is 4.96. The van der Waals surface area contributed by atoms with Crippen molar-refractivity contribution in [2.75, 3.05) is 13.2 Å². The Morgan fingerprint density at radius 2 is 1.36 bits per heavy atom. The van der Waals surface area contributed by atoms with E-state index in [0.29, 0.717) is 35.8 Å². The molecule has 0 saturated heterocycles. The van der Waals surface area contributed by atoms with Gasteiger partial charge in [0, 0.05) is 18.5 Å². The molecule has 0 unspecified atom stereocenters. The van der Waals surface area contributed by atoms with Gasteiger partial charge in [-0.15, -0.1) is 0 Å². The minimum Gasteiger partial charge on any atom is -0.493 e. The normalized spacial score (nSPS) is 10.4. The lowest BCUT2D eigenvalue weighted by molar-refractivity contribution is 0.0496. The number of carbonyl (C=O) groups is 2. The van der Waals surface area contributed by atoms with Crippen LogP contribution in [-0.2, 0) is 4.74 Å². The predicted molar refractivity (Wildman–Crippen MR) is 126 cm³/mol. The van der Waals surface area contributed by atoms with Gasteiger partial charge in [-0.1, -0.05) is 49.9 Å². The van der Waals surface area contributed by atoms with Crippen LogP contribution in [0.1, 0.15) is 59.2 Å². The first-order valence-electron chi connectivity index (χ1n) is 11.3. The van der Waals surface area contributed by atoms with Crippen molar-refractivity contribution in [1.29, 1.82) is 0 Å². The lowest BCUT2D eigenvalue weighted by Crippen LogP contribution is -2.08. The third kappa shape index (κ3) is 8.77. The molecule has 1 heterocycles. The average Bonchev–Trinajstić information content (AvgIpc) is 2.86. The van der Waals surface area contributed by atoms with Crippen LogP contribution in [0.25, 0.3) is 0 Å². The number of rotatable bonds is 13. The van der Waals surface area contributed by atoms with Gasteiger partial charge in [0.15, 0.2) is 0 Å². The zero-order chi connectivity index (χ0) is 23.1. The molecule has 0 spiro atoms. The summed E-state index contributed by atoms with van der Waals surface area (Å²) in [6.07, 6.45) is 9.24. The largest absolute Gasteiger partial charge is 0.493 e. The molecule has 6 nitrogen and oxygen atoms in total. The van der Waals surface area contributed by atoms with Crippen LogP contribution in [0.2, 0.25) is 0 Å². The first kappa shape index (κ1) is 24.0. The van der Waals surface area contributed by atoms with Crippen LogP contribution < -0.4 is 9.47 Å². The van der Waals surface area contributed by atoms with Crippen molar-refractivity contribution in [3.05, 3.63) is 90.3 Å². The predicted octanol–water partition coefficient (Wildman–Crippen LogP) is 5.88. The van der Waals surface area contributed by atoms with E-state index in [1.165, 1.54) is 6.20 Å². The smallest absolute Gasteiger partial charge is 0.343 e. The van der Waals surface area contributed by atoms with Crippen molar-refractivity contribution in [3.63, 3.8) is 0 Å². The molecule has 6 heteroatoms. The summed E-state index contributed by atoms with van der Waals surface area (Å²) < 4.78 is 16.5. The molecule has 172 valence electrons. The van der Waals surface area contributed by atoms with Crippen molar-refractivity contribution in [1.82, 2.24) is 4.98 Å². The summed E-state index contributed by atoms with van der Waals surface area (Å²) in [5, 5.41) is 0. The molecule has 2 aromatic carbocycles. The fraction of sp³-hybridized carbons (Fsp3) is 0.296. The minimum atomic E-state index is -0.389. The number of ether oxygens (including phenoxy) is 3. The number of aromatic nitrogens is 1. The first-order valence-corrected chi connectivity index (χ1v) is 11.3. The SMILES string of the molecule is O=C(OCCCCCCCCOc1cccc(OC(=O)c2ccccc2)c1)c1cccnc1. The van der Waals surface area contributed by atoms with Gasteiger partial charge in [0.05, 0.1) is 24.3 Å². The fourth-order valence-corrected chi connectivity index (χ4v) is 3.20. The molecule has 0 fully saturated rings. The zero-order valence-electron chi connectivity index (χ0n) is 18.7. The van der Waals surface area contributed by atoms with E-state index in [1.54, 1.807) is 54.7 Å². The molecule has 0 aliphatic heterocycles. The Hall–Kier alpha value is -3.67. The maximum absolute atomic E-state index is 12.2. The fourth-order valence-electron chi connectivity index (χ4n) is 3.20. The molecule has 33 heavy (non-hydrogen) atoms. The molecule has 0 aliphatic carbocycles. The van der Waals surface area contributed by atoms with Crippen LogP contribution in [0.3, 0.4) is 0 Å². The Morgan fingerprint density at radius 1 is 0.667 bits per heavy atom. The second-order valence-electron chi connectivity index (χ2n) is 7.58. The van der Waals surface area contributed by atoms with Gasteiger partial charge >= 0.3 is 11.9 Å². The molecule has 0 radical (unpaired) electrons. The standard InChI is InChI=1S/C27H29NO5/c29-26(23-14-11-17-28-21-23)32-19-9-4-2-1-3-8-18-31-24-15-10-16-25(20-24)33-27(30)22-12-6-5-7-13-22/h5-7,10-17,20-21H,1-4,8-9,18-19H2. The summed E-state index contributed by atoms with van der Waals surface area (Å²) in [6, 6.07) is 19.4. The van der Waals surface area contributed by atoms with E-state index in [4.69, 9.17) is 14.2 Å². The van der Waals surface area contributed by atoms with Crippen LogP contribution in [0.4, 0.5) is 0 Å². The number of benzene rings is 2. The van der Waals surface area contributed by atoms with Crippen molar-refractivity contribution in [2.24, 2.45) is 0 Å². The number of esters is 2. The summed E-state index contributed by atoms with van der Waals surface area (Å²) in [7, 11) is 0. The van der Waals surface area contributed by atoms with Crippen molar-refractivity contribution < 1.29 is 23.8 Å². The van der Waals surface area contributed by atoms with Gasteiger partial charge < -0.3 is 14.2 Å².